The lowest BCUT2D eigenvalue weighted by Gasteiger charge is -2.34. The third-order valence-corrected chi connectivity index (χ3v) is 2.25. The lowest BCUT2D eigenvalue weighted by Crippen LogP contribution is -2.44. The van der Waals surface area contributed by atoms with Gasteiger partial charge in [0, 0.05) is 13.1 Å². The van der Waals surface area contributed by atoms with E-state index in [1.54, 1.807) is 11.8 Å². The fourth-order valence-corrected chi connectivity index (χ4v) is 1.28. The maximum absolute atomic E-state index is 11.0. The lowest BCUT2D eigenvalue weighted by molar-refractivity contribution is -0.128. The van der Waals surface area contributed by atoms with E-state index in [-0.39, 0.29) is 5.91 Å². The van der Waals surface area contributed by atoms with Gasteiger partial charge < -0.3 is 10.0 Å². The third kappa shape index (κ3) is 1.99. The molecule has 0 saturated carbocycles. The zero-order valence-corrected chi connectivity index (χ0v) is 7.21. The van der Waals surface area contributed by atoms with Gasteiger partial charge in [-0.2, -0.15) is 0 Å². The Kier molecular flexibility index (Phi) is 2.39. The van der Waals surface area contributed by atoms with Crippen molar-refractivity contribution in [3.8, 4) is 12.3 Å². The summed E-state index contributed by atoms with van der Waals surface area (Å²) in [5, 5.41) is 9.56. The Morgan fingerprint density at radius 1 is 1.58 bits per heavy atom. The molecule has 1 aliphatic rings. The fourth-order valence-electron chi connectivity index (χ4n) is 1.28. The molecule has 0 atom stereocenters. The Balaban J connectivity index is 2.48. The molecule has 0 bridgehead atoms. The van der Waals surface area contributed by atoms with Crippen LogP contribution in [0.5, 0.6) is 0 Å². The average molecular weight is 167 g/mol. The zero-order valence-electron chi connectivity index (χ0n) is 7.21. The number of carbonyl (C=O) groups excluding carboxylic acids is 1. The van der Waals surface area contributed by atoms with E-state index >= 15 is 0 Å². The highest BCUT2D eigenvalue weighted by Crippen LogP contribution is 2.20. The molecule has 12 heavy (non-hydrogen) atoms. The largest absolute Gasteiger partial charge is 0.390 e. The van der Waals surface area contributed by atoms with Crippen LogP contribution in [0.2, 0.25) is 0 Å². The van der Waals surface area contributed by atoms with Crippen molar-refractivity contribution in [3.63, 3.8) is 0 Å². The minimum absolute atomic E-state index is 0.273. The number of hydrogen-bond acceptors (Lipinski definition) is 2. The Labute approximate surface area is 72.4 Å². The number of rotatable bonds is 0. The molecule has 3 heteroatoms. The summed E-state index contributed by atoms with van der Waals surface area (Å²) in [6.45, 7) is 2.91. The predicted molar refractivity (Wildman–Crippen MR) is 45.3 cm³/mol. The summed E-state index contributed by atoms with van der Waals surface area (Å²) >= 11 is 0. The summed E-state index contributed by atoms with van der Waals surface area (Å²) in [4.78, 5) is 12.6. The minimum Gasteiger partial charge on any atom is -0.390 e. The molecule has 0 radical (unpaired) electrons. The first-order chi connectivity index (χ1) is 5.55. The van der Waals surface area contributed by atoms with Gasteiger partial charge in [-0.15, -0.1) is 6.42 Å². The summed E-state index contributed by atoms with van der Waals surface area (Å²) in [6.07, 6.45) is 6.19. The van der Waals surface area contributed by atoms with Gasteiger partial charge in [0.25, 0.3) is 5.91 Å². The average Bonchev–Trinajstić information content (AvgIpc) is 2.03. The van der Waals surface area contributed by atoms with E-state index in [0.29, 0.717) is 25.9 Å². The number of amides is 1. The number of likely N-dealkylation sites (tertiary alicyclic amines) is 1. The smallest absolute Gasteiger partial charge is 0.298 e. The Morgan fingerprint density at radius 2 is 2.08 bits per heavy atom. The van der Waals surface area contributed by atoms with Gasteiger partial charge in [0.1, 0.15) is 0 Å². The molecule has 3 nitrogen and oxygen atoms in total. The van der Waals surface area contributed by atoms with Gasteiger partial charge in [-0.3, -0.25) is 4.79 Å². The van der Waals surface area contributed by atoms with Crippen molar-refractivity contribution in [3.05, 3.63) is 0 Å². The molecule has 0 aliphatic carbocycles. The van der Waals surface area contributed by atoms with Crippen LogP contribution in [0.1, 0.15) is 19.8 Å². The van der Waals surface area contributed by atoms with Crippen molar-refractivity contribution in [2.24, 2.45) is 0 Å². The minimum atomic E-state index is -0.620. The molecule has 0 unspecified atom stereocenters. The van der Waals surface area contributed by atoms with E-state index in [4.69, 9.17) is 6.42 Å². The van der Waals surface area contributed by atoms with Gasteiger partial charge in [-0.05, 0) is 25.7 Å². The molecule has 0 aromatic rings. The number of piperidine rings is 1. The standard InChI is InChI=1S/C9H13NO2/c1-3-8(11)10-6-4-9(2,12)5-7-10/h1,12H,4-7H2,2H3. The molecule has 66 valence electrons. The quantitative estimate of drug-likeness (QED) is 0.516. The Morgan fingerprint density at radius 3 is 2.50 bits per heavy atom. The van der Waals surface area contributed by atoms with Crippen LogP contribution < -0.4 is 0 Å². The molecule has 0 spiro atoms. The van der Waals surface area contributed by atoms with Crippen molar-refractivity contribution in [2.45, 2.75) is 25.4 Å². The van der Waals surface area contributed by atoms with Crippen molar-refractivity contribution in [2.75, 3.05) is 13.1 Å². The molecule has 1 heterocycles. The van der Waals surface area contributed by atoms with Crippen molar-refractivity contribution in [1.82, 2.24) is 4.90 Å². The summed E-state index contributed by atoms with van der Waals surface area (Å²) in [7, 11) is 0. The van der Waals surface area contributed by atoms with E-state index in [0.717, 1.165) is 0 Å². The van der Waals surface area contributed by atoms with Crippen molar-refractivity contribution < 1.29 is 9.90 Å². The number of aliphatic hydroxyl groups is 1. The predicted octanol–water partition coefficient (Wildman–Crippen LogP) is -0.00700. The molecular weight excluding hydrogens is 154 g/mol. The summed E-state index contributed by atoms with van der Waals surface area (Å²) in [6, 6.07) is 0. The summed E-state index contributed by atoms with van der Waals surface area (Å²) in [5.41, 5.74) is -0.620. The van der Waals surface area contributed by atoms with E-state index in [9.17, 15) is 9.90 Å². The SMILES string of the molecule is C#CC(=O)N1CCC(C)(O)CC1. The highest BCUT2D eigenvalue weighted by atomic mass is 16.3. The molecule has 1 saturated heterocycles. The van der Waals surface area contributed by atoms with Crippen LogP contribution in [0.25, 0.3) is 0 Å². The van der Waals surface area contributed by atoms with Gasteiger partial charge in [-0.25, -0.2) is 0 Å². The molecule has 1 fully saturated rings. The number of terminal acetylenes is 1. The fraction of sp³-hybridized carbons (Fsp3) is 0.667. The van der Waals surface area contributed by atoms with Gasteiger partial charge in [0.2, 0.25) is 0 Å². The normalized spacial score (nSPS) is 21.6. The topological polar surface area (TPSA) is 40.5 Å². The highest BCUT2D eigenvalue weighted by Gasteiger charge is 2.28. The molecule has 1 rings (SSSR count). The summed E-state index contributed by atoms with van der Waals surface area (Å²) in [5.74, 6) is 1.79. The second-order valence-corrected chi connectivity index (χ2v) is 3.43. The summed E-state index contributed by atoms with van der Waals surface area (Å²) < 4.78 is 0. The number of nitrogens with zero attached hydrogens (tertiary/aromatic N) is 1. The second kappa shape index (κ2) is 3.16. The van der Waals surface area contributed by atoms with E-state index in [1.807, 2.05) is 0 Å². The molecule has 1 amide bonds. The monoisotopic (exact) mass is 167 g/mol. The van der Waals surface area contributed by atoms with E-state index < -0.39 is 5.60 Å². The van der Waals surface area contributed by atoms with E-state index in [2.05, 4.69) is 5.92 Å². The van der Waals surface area contributed by atoms with Gasteiger partial charge >= 0.3 is 0 Å². The molecular formula is C9H13NO2. The maximum atomic E-state index is 11.0. The molecule has 0 aromatic heterocycles. The Bertz CT molecular complexity index is 217. The van der Waals surface area contributed by atoms with Crippen molar-refractivity contribution >= 4 is 5.91 Å². The van der Waals surface area contributed by atoms with Gasteiger partial charge in [0.15, 0.2) is 0 Å². The van der Waals surface area contributed by atoms with Crippen LogP contribution in [-0.2, 0) is 4.79 Å². The second-order valence-electron chi connectivity index (χ2n) is 3.43. The number of carbonyl (C=O) groups is 1. The number of hydrogen-bond donors (Lipinski definition) is 1. The first-order valence-corrected chi connectivity index (χ1v) is 4.03. The first kappa shape index (κ1) is 9.08. The third-order valence-electron chi connectivity index (χ3n) is 2.25. The van der Waals surface area contributed by atoms with Gasteiger partial charge in [-0.1, -0.05) is 0 Å². The highest BCUT2D eigenvalue weighted by molar-refractivity contribution is 5.92. The Hall–Kier alpha value is -1.01. The van der Waals surface area contributed by atoms with Crippen LogP contribution in [0.15, 0.2) is 0 Å². The van der Waals surface area contributed by atoms with E-state index in [1.165, 1.54) is 0 Å². The molecule has 0 aromatic carbocycles. The van der Waals surface area contributed by atoms with Gasteiger partial charge in [0.05, 0.1) is 5.60 Å². The zero-order chi connectivity index (χ0) is 9.19. The molecule has 1 N–H and O–H groups in total. The van der Waals surface area contributed by atoms with Crippen LogP contribution in [-0.4, -0.2) is 34.6 Å². The maximum Gasteiger partial charge on any atom is 0.298 e. The molecule has 1 aliphatic heterocycles. The van der Waals surface area contributed by atoms with Crippen LogP contribution in [0.3, 0.4) is 0 Å². The van der Waals surface area contributed by atoms with Crippen LogP contribution >= 0.6 is 0 Å². The van der Waals surface area contributed by atoms with Crippen LogP contribution in [0, 0.1) is 12.3 Å². The lowest BCUT2D eigenvalue weighted by atomic mass is 9.94. The van der Waals surface area contributed by atoms with Crippen molar-refractivity contribution in [1.29, 1.82) is 0 Å². The van der Waals surface area contributed by atoms with Crippen LogP contribution in [0.4, 0.5) is 0 Å². The first-order valence-electron chi connectivity index (χ1n) is 4.03.